The maximum atomic E-state index is 12.4. The third kappa shape index (κ3) is 6.30. The molecule has 1 aromatic carbocycles. The number of benzene rings is 1. The molecule has 0 spiro atoms. The Hall–Kier alpha value is -3.94. The van der Waals surface area contributed by atoms with E-state index in [0.29, 0.717) is 12.2 Å². The monoisotopic (exact) mass is 514 g/mol. The predicted octanol–water partition coefficient (Wildman–Crippen LogP) is 4.44. The lowest BCUT2D eigenvalue weighted by Crippen LogP contribution is -2.48. The van der Waals surface area contributed by atoms with Crippen LogP contribution in [0.15, 0.2) is 61.6 Å². The summed E-state index contributed by atoms with van der Waals surface area (Å²) < 4.78 is 1.80. The molecule has 0 bridgehead atoms. The molecule has 1 unspecified atom stereocenters. The van der Waals surface area contributed by atoms with Crippen LogP contribution in [0.1, 0.15) is 55.2 Å². The minimum absolute atomic E-state index is 0.0476. The number of rotatable bonds is 7. The number of carbonyl (C=O) groups excluding carboxylic acids is 2. The molecule has 8 nitrogen and oxygen atoms in total. The van der Waals surface area contributed by atoms with Crippen LogP contribution in [-0.4, -0.2) is 63.2 Å². The van der Waals surface area contributed by atoms with Gasteiger partial charge < -0.3 is 15.1 Å². The highest BCUT2D eigenvalue weighted by Crippen LogP contribution is 2.33. The summed E-state index contributed by atoms with van der Waals surface area (Å²) in [5.41, 5.74) is 5.70. The summed E-state index contributed by atoms with van der Waals surface area (Å²) in [6.45, 7) is 13.8. The van der Waals surface area contributed by atoms with Crippen LogP contribution in [0.25, 0.3) is 11.1 Å². The first-order chi connectivity index (χ1) is 18.1. The van der Waals surface area contributed by atoms with Gasteiger partial charge in [-0.25, -0.2) is 0 Å². The minimum Gasteiger partial charge on any atom is -0.368 e. The van der Waals surface area contributed by atoms with Crippen molar-refractivity contribution in [1.29, 1.82) is 0 Å². The largest absolute Gasteiger partial charge is 0.368 e. The third-order valence-corrected chi connectivity index (χ3v) is 6.95. The van der Waals surface area contributed by atoms with Gasteiger partial charge in [-0.05, 0) is 75.4 Å². The number of piperidine rings is 1. The highest BCUT2D eigenvalue weighted by atomic mass is 16.2. The van der Waals surface area contributed by atoms with Crippen LogP contribution < -0.4 is 10.2 Å². The average Bonchev–Trinajstić information content (AvgIpc) is 3.37. The molecule has 0 radical (unpaired) electrons. The molecule has 1 N–H and O–H groups in total. The maximum Gasteiger partial charge on any atom is 0.272 e. The molecule has 1 atom stereocenters. The average molecular weight is 515 g/mol. The van der Waals surface area contributed by atoms with E-state index in [-0.39, 0.29) is 23.4 Å². The second-order valence-corrected chi connectivity index (χ2v) is 11.0. The lowest BCUT2D eigenvalue weighted by atomic mass is 9.97. The molecule has 38 heavy (non-hydrogen) atoms. The SMILES string of the molecule is C=CC(=O)N(C)C1CCCN(c2cnccc2-c2ccc(Cn3ccc(C(=O)NC(C)(C)C)n3)c(C)c2)C1. The van der Waals surface area contributed by atoms with Crippen molar-refractivity contribution in [2.75, 3.05) is 25.0 Å². The van der Waals surface area contributed by atoms with Crippen molar-refractivity contribution in [2.24, 2.45) is 0 Å². The summed E-state index contributed by atoms with van der Waals surface area (Å²) in [7, 11) is 1.85. The second-order valence-electron chi connectivity index (χ2n) is 11.0. The Morgan fingerprint density at radius 3 is 2.74 bits per heavy atom. The summed E-state index contributed by atoms with van der Waals surface area (Å²) in [6.07, 6.45) is 8.94. The zero-order valence-corrected chi connectivity index (χ0v) is 23.1. The Kier molecular flexibility index (Phi) is 7.99. The number of pyridine rings is 1. The zero-order chi connectivity index (χ0) is 27.4. The number of likely N-dealkylation sites (N-methyl/N-ethyl adjacent to an activating group) is 1. The molecule has 1 aliphatic rings. The number of aromatic nitrogens is 3. The molecule has 0 aliphatic carbocycles. The molecule has 2 aromatic heterocycles. The minimum atomic E-state index is -0.312. The first kappa shape index (κ1) is 27.1. The number of nitrogens with zero attached hydrogens (tertiary/aromatic N) is 5. The highest BCUT2D eigenvalue weighted by molar-refractivity contribution is 5.92. The normalized spacial score (nSPS) is 15.7. The summed E-state index contributed by atoms with van der Waals surface area (Å²) >= 11 is 0. The van der Waals surface area contributed by atoms with Gasteiger partial charge in [0.1, 0.15) is 5.69 Å². The molecule has 3 aromatic rings. The standard InChI is InChI=1S/C30H38N6O2/c1-7-28(37)34(6)24-9-8-15-35(20-24)27-18-31-14-12-25(27)22-10-11-23(21(2)17-22)19-36-16-13-26(33-36)29(38)32-30(3,4)5/h7,10-14,16-18,24H,1,8-9,15,19-20H2,2-6H3,(H,32,38). The quantitative estimate of drug-likeness (QED) is 0.471. The Labute approximate surface area is 225 Å². The van der Waals surface area contributed by atoms with Crippen LogP contribution in [0.3, 0.4) is 0 Å². The molecular weight excluding hydrogens is 476 g/mol. The van der Waals surface area contributed by atoms with Gasteiger partial charge in [-0.2, -0.15) is 5.10 Å². The molecule has 8 heteroatoms. The van der Waals surface area contributed by atoms with E-state index in [0.717, 1.165) is 53.9 Å². The summed E-state index contributed by atoms with van der Waals surface area (Å²) in [5, 5.41) is 7.43. The van der Waals surface area contributed by atoms with Gasteiger partial charge in [0.05, 0.1) is 18.4 Å². The van der Waals surface area contributed by atoms with Crippen molar-refractivity contribution in [3.63, 3.8) is 0 Å². The third-order valence-electron chi connectivity index (χ3n) is 6.95. The van der Waals surface area contributed by atoms with E-state index in [4.69, 9.17) is 0 Å². The van der Waals surface area contributed by atoms with Crippen molar-refractivity contribution >= 4 is 17.5 Å². The van der Waals surface area contributed by atoms with Gasteiger partial charge in [0.25, 0.3) is 5.91 Å². The molecule has 1 saturated heterocycles. The Bertz CT molecular complexity index is 1320. The van der Waals surface area contributed by atoms with Crippen molar-refractivity contribution in [1.82, 2.24) is 25.0 Å². The van der Waals surface area contributed by atoms with Crippen LogP contribution in [0.5, 0.6) is 0 Å². The van der Waals surface area contributed by atoms with Crippen LogP contribution in [0.4, 0.5) is 5.69 Å². The van der Waals surface area contributed by atoms with Crippen molar-refractivity contribution in [3.8, 4) is 11.1 Å². The van der Waals surface area contributed by atoms with Gasteiger partial charge in [0.15, 0.2) is 0 Å². The Morgan fingerprint density at radius 2 is 2.03 bits per heavy atom. The van der Waals surface area contributed by atoms with Crippen LogP contribution in [0.2, 0.25) is 0 Å². The van der Waals surface area contributed by atoms with Gasteiger partial charge in [-0.3, -0.25) is 19.3 Å². The van der Waals surface area contributed by atoms with Crippen molar-refractivity contribution in [3.05, 3.63) is 78.4 Å². The molecule has 1 aliphatic heterocycles. The fraction of sp³-hybridized carbons (Fsp3) is 0.400. The first-order valence-electron chi connectivity index (χ1n) is 13.1. The summed E-state index contributed by atoms with van der Waals surface area (Å²) in [5.74, 6) is -0.220. The first-order valence-corrected chi connectivity index (χ1v) is 13.1. The van der Waals surface area contributed by atoms with E-state index in [2.05, 4.69) is 58.1 Å². The van der Waals surface area contributed by atoms with E-state index in [9.17, 15) is 9.59 Å². The molecule has 2 amide bonds. The number of aryl methyl sites for hydroxylation is 1. The lowest BCUT2D eigenvalue weighted by molar-refractivity contribution is -0.126. The number of carbonyl (C=O) groups is 2. The van der Waals surface area contributed by atoms with Crippen LogP contribution in [0, 0.1) is 6.92 Å². The Balaban J connectivity index is 1.52. The summed E-state index contributed by atoms with van der Waals surface area (Å²) in [4.78, 5) is 33.2. The van der Waals surface area contributed by atoms with Gasteiger partial charge in [-0.15, -0.1) is 0 Å². The number of hydrogen-bond acceptors (Lipinski definition) is 5. The molecular formula is C30H38N6O2. The second kappa shape index (κ2) is 11.2. The zero-order valence-electron chi connectivity index (χ0n) is 23.1. The topological polar surface area (TPSA) is 83.4 Å². The molecule has 4 rings (SSSR count). The smallest absolute Gasteiger partial charge is 0.272 e. The van der Waals surface area contributed by atoms with E-state index in [1.165, 1.54) is 6.08 Å². The molecule has 0 saturated carbocycles. The molecule has 1 fully saturated rings. The van der Waals surface area contributed by atoms with E-state index < -0.39 is 0 Å². The number of anilines is 1. The van der Waals surface area contributed by atoms with E-state index in [1.807, 2.05) is 46.4 Å². The number of nitrogens with one attached hydrogen (secondary N) is 1. The van der Waals surface area contributed by atoms with Crippen LogP contribution in [-0.2, 0) is 11.3 Å². The molecule has 3 heterocycles. The van der Waals surface area contributed by atoms with Crippen molar-refractivity contribution < 1.29 is 9.59 Å². The summed E-state index contributed by atoms with van der Waals surface area (Å²) in [6, 6.07) is 10.4. The van der Waals surface area contributed by atoms with Gasteiger partial charge in [0, 0.05) is 49.7 Å². The maximum absolute atomic E-state index is 12.4. The number of amides is 2. The highest BCUT2D eigenvalue weighted by Gasteiger charge is 2.27. The molecule has 200 valence electrons. The fourth-order valence-corrected chi connectivity index (χ4v) is 4.89. The lowest BCUT2D eigenvalue weighted by Gasteiger charge is -2.39. The van der Waals surface area contributed by atoms with Gasteiger partial charge in [-0.1, -0.05) is 24.8 Å². The fourth-order valence-electron chi connectivity index (χ4n) is 4.89. The Morgan fingerprint density at radius 1 is 1.24 bits per heavy atom. The number of hydrogen-bond donors (Lipinski definition) is 1. The van der Waals surface area contributed by atoms with Crippen LogP contribution >= 0.6 is 0 Å². The van der Waals surface area contributed by atoms with E-state index >= 15 is 0 Å². The van der Waals surface area contributed by atoms with Gasteiger partial charge >= 0.3 is 0 Å². The van der Waals surface area contributed by atoms with E-state index in [1.54, 1.807) is 15.6 Å². The van der Waals surface area contributed by atoms with Gasteiger partial charge in [0.2, 0.25) is 5.91 Å². The van der Waals surface area contributed by atoms with Crippen molar-refractivity contribution in [2.45, 2.75) is 58.7 Å². The predicted molar refractivity (Wildman–Crippen MR) is 151 cm³/mol.